The molecule has 0 atom stereocenters. The first-order valence-electron chi connectivity index (χ1n) is 5.45. The normalized spacial score (nSPS) is 11.6. The van der Waals surface area contributed by atoms with Gasteiger partial charge in [-0.3, -0.25) is 4.68 Å². The summed E-state index contributed by atoms with van der Waals surface area (Å²) in [6.07, 6.45) is -4.45. The lowest BCUT2D eigenvalue weighted by Crippen LogP contribution is -2.04. The van der Waals surface area contributed by atoms with Gasteiger partial charge in [-0.1, -0.05) is 12.1 Å². The summed E-state index contributed by atoms with van der Waals surface area (Å²) < 4.78 is 38.6. The van der Waals surface area contributed by atoms with Gasteiger partial charge < -0.3 is 10.8 Å². The van der Waals surface area contributed by atoms with Crippen molar-refractivity contribution in [2.75, 3.05) is 5.73 Å². The van der Waals surface area contributed by atoms with Crippen molar-refractivity contribution < 1.29 is 23.1 Å². The van der Waals surface area contributed by atoms with E-state index in [1.165, 1.54) is 19.2 Å². The maximum absolute atomic E-state index is 12.5. The number of alkyl halides is 3. The number of carboxylic acids is 1. The average molecular weight is 285 g/mol. The largest absolute Gasteiger partial charge is 0.476 e. The second-order valence-corrected chi connectivity index (χ2v) is 4.11. The smallest absolute Gasteiger partial charge is 0.416 e. The molecule has 0 fully saturated rings. The Bertz CT molecular complexity index is 660. The number of aromatic nitrogens is 2. The summed E-state index contributed by atoms with van der Waals surface area (Å²) >= 11 is 0. The number of nitrogens with two attached hydrogens (primary N) is 1. The van der Waals surface area contributed by atoms with E-state index in [1.807, 2.05) is 0 Å². The summed E-state index contributed by atoms with van der Waals surface area (Å²) in [6, 6.07) is 4.08. The summed E-state index contributed by atoms with van der Waals surface area (Å²) in [5.41, 5.74) is 4.96. The fourth-order valence-electron chi connectivity index (χ4n) is 1.80. The zero-order chi connectivity index (χ0) is 15.1. The first-order chi connectivity index (χ1) is 9.21. The number of nitrogens with zero attached hydrogens (tertiary/aromatic N) is 2. The number of halogens is 3. The van der Waals surface area contributed by atoms with Crippen molar-refractivity contribution in [1.29, 1.82) is 0 Å². The number of benzene rings is 1. The van der Waals surface area contributed by atoms with Gasteiger partial charge in [0.25, 0.3) is 0 Å². The Balaban J connectivity index is 2.55. The molecule has 0 unspecified atom stereocenters. The maximum Gasteiger partial charge on any atom is 0.416 e. The maximum atomic E-state index is 12.5. The number of rotatable bonds is 2. The number of carboxylic acid groups (broad SMARTS) is 1. The molecule has 1 aromatic heterocycles. The Kier molecular flexibility index (Phi) is 3.16. The van der Waals surface area contributed by atoms with Gasteiger partial charge in [0.1, 0.15) is 5.82 Å². The van der Waals surface area contributed by atoms with Crippen LogP contribution in [0.2, 0.25) is 0 Å². The standard InChI is InChI=1S/C12H10F3N3O2/c1-18-10(16)8(9(17-18)11(19)20)6-2-4-7(5-3-6)12(13,14)15/h2-5H,16H2,1H3,(H,19,20). The Morgan fingerprint density at radius 2 is 1.85 bits per heavy atom. The number of nitrogen functional groups attached to an aromatic ring is 1. The molecule has 0 aliphatic heterocycles. The third-order valence-electron chi connectivity index (χ3n) is 2.80. The van der Waals surface area contributed by atoms with Crippen LogP contribution in [-0.4, -0.2) is 20.9 Å². The van der Waals surface area contributed by atoms with Crippen molar-refractivity contribution in [1.82, 2.24) is 9.78 Å². The van der Waals surface area contributed by atoms with E-state index in [2.05, 4.69) is 5.10 Å². The number of carbonyl (C=O) groups is 1. The van der Waals surface area contributed by atoms with Gasteiger partial charge in [-0.2, -0.15) is 18.3 Å². The van der Waals surface area contributed by atoms with Gasteiger partial charge in [0, 0.05) is 7.05 Å². The van der Waals surface area contributed by atoms with Crippen LogP contribution >= 0.6 is 0 Å². The van der Waals surface area contributed by atoms with Gasteiger partial charge in [0.05, 0.1) is 11.1 Å². The highest BCUT2D eigenvalue weighted by Crippen LogP contribution is 2.33. The van der Waals surface area contributed by atoms with Crippen molar-refractivity contribution in [2.45, 2.75) is 6.18 Å². The second-order valence-electron chi connectivity index (χ2n) is 4.11. The van der Waals surface area contributed by atoms with E-state index in [1.54, 1.807) is 0 Å². The van der Waals surface area contributed by atoms with Crippen LogP contribution in [0.15, 0.2) is 24.3 Å². The van der Waals surface area contributed by atoms with Crippen LogP contribution < -0.4 is 5.73 Å². The summed E-state index contributed by atoms with van der Waals surface area (Å²) in [7, 11) is 1.45. The SMILES string of the molecule is Cn1nc(C(=O)O)c(-c2ccc(C(F)(F)F)cc2)c1N. The third-order valence-corrected chi connectivity index (χ3v) is 2.80. The van der Waals surface area contributed by atoms with Gasteiger partial charge in [-0.05, 0) is 17.7 Å². The number of aryl methyl sites for hydroxylation is 1. The Morgan fingerprint density at radius 3 is 2.30 bits per heavy atom. The third kappa shape index (κ3) is 2.31. The molecular weight excluding hydrogens is 275 g/mol. The summed E-state index contributed by atoms with van der Waals surface area (Å²) in [5, 5.41) is 12.8. The number of hydrogen-bond donors (Lipinski definition) is 2. The molecule has 2 aromatic rings. The van der Waals surface area contributed by atoms with Crippen molar-refractivity contribution >= 4 is 11.8 Å². The Hall–Kier alpha value is -2.51. The molecule has 106 valence electrons. The van der Waals surface area contributed by atoms with Crippen molar-refractivity contribution in [3.05, 3.63) is 35.5 Å². The molecule has 5 nitrogen and oxygen atoms in total. The minimum Gasteiger partial charge on any atom is -0.476 e. The molecule has 3 N–H and O–H groups in total. The molecule has 0 spiro atoms. The Labute approximate surface area is 111 Å². The van der Waals surface area contributed by atoms with Crippen LogP contribution in [0.3, 0.4) is 0 Å². The lowest BCUT2D eigenvalue weighted by atomic mass is 10.0. The minimum atomic E-state index is -4.45. The van der Waals surface area contributed by atoms with Gasteiger partial charge in [0.15, 0.2) is 5.69 Å². The molecule has 20 heavy (non-hydrogen) atoms. The average Bonchev–Trinajstić information content (AvgIpc) is 2.65. The molecule has 0 saturated heterocycles. The molecule has 1 heterocycles. The Morgan fingerprint density at radius 1 is 1.30 bits per heavy atom. The zero-order valence-electron chi connectivity index (χ0n) is 10.3. The summed E-state index contributed by atoms with van der Waals surface area (Å²) in [6.45, 7) is 0. The fraction of sp³-hybridized carbons (Fsp3) is 0.167. The molecule has 0 saturated carbocycles. The number of aromatic carboxylic acids is 1. The van der Waals surface area contributed by atoms with Crippen LogP contribution in [0.4, 0.5) is 19.0 Å². The molecule has 0 radical (unpaired) electrons. The molecule has 8 heteroatoms. The lowest BCUT2D eigenvalue weighted by Gasteiger charge is -2.07. The summed E-state index contributed by atoms with van der Waals surface area (Å²) in [4.78, 5) is 11.1. The van der Waals surface area contributed by atoms with Gasteiger partial charge in [0.2, 0.25) is 0 Å². The van der Waals surface area contributed by atoms with Crippen molar-refractivity contribution in [3.63, 3.8) is 0 Å². The van der Waals surface area contributed by atoms with Crippen LogP contribution in [0.1, 0.15) is 16.1 Å². The highest BCUT2D eigenvalue weighted by atomic mass is 19.4. The first-order valence-corrected chi connectivity index (χ1v) is 5.45. The highest BCUT2D eigenvalue weighted by molar-refractivity contribution is 5.97. The molecule has 0 aliphatic rings. The molecule has 0 amide bonds. The van der Waals surface area contributed by atoms with Crippen LogP contribution in [0.25, 0.3) is 11.1 Å². The first kappa shape index (κ1) is 13.9. The minimum absolute atomic E-state index is 0.0714. The van der Waals surface area contributed by atoms with E-state index < -0.39 is 17.7 Å². The second kappa shape index (κ2) is 4.55. The summed E-state index contributed by atoms with van der Waals surface area (Å²) in [5.74, 6) is -1.23. The quantitative estimate of drug-likeness (QED) is 0.887. The molecule has 0 aliphatic carbocycles. The van der Waals surface area contributed by atoms with Crippen LogP contribution in [-0.2, 0) is 13.2 Å². The van der Waals surface area contributed by atoms with E-state index in [0.29, 0.717) is 0 Å². The van der Waals surface area contributed by atoms with Gasteiger partial charge in [-0.15, -0.1) is 0 Å². The fourth-order valence-corrected chi connectivity index (χ4v) is 1.80. The van der Waals surface area contributed by atoms with E-state index >= 15 is 0 Å². The molecule has 1 aromatic carbocycles. The van der Waals surface area contributed by atoms with Gasteiger partial charge in [-0.25, -0.2) is 4.79 Å². The molecule has 0 bridgehead atoms. The lowest BCUT2D eigenvalue weighted by molar-refractivity contribution is -0.137. The van der Waals surface area contributed by atoms with Crippen LogP contribution in [0, 0.1) is 0 Å². The predicted molar refractivity (Wildman–Crippen MR) is 65.0 cm³/mol. The number of hydrogen-bond acceptors (Lipinski definition) is 3. The highest BCUT2D eigenvalue weighted by Gasteiger charge is 2.30. The monoisotopic (exact) mass is 285 g/mol. The number of anilines is 1. The van der Waals surface area contributed by atoms with Crippen LogP contribution in [0.5, 0.6) is 0 Å². The molecule has 2 rings (SSSR count). The van der Waals surface area contributed by atoms with E-state index in [0.717, 1.165) is 16.8 Å². The topological polar surface area (TPSA) is 81.1 Å². The van der Waals surface area contributed by atoms with Gasteiger partial charge >= 0.3 is 12.1 Å². The van der Waals surface area contributed by atoms with E-state index in [9.17, 15) is 18.0 Å². The van der Waals surface area contributed by atoms with E-state index in [-0.39, 0.29) is 22.6 Å². The molecular formula is C12H10F3N3O2. The zero-order valence-corrected chi connectivity index (χ0v) is 10.3. The van der Waals surface area contributed by atoms with Crippen molar-refractivity contribution in [2.24, 2.45) is 7.05 Å². The van der Waals surface area contributed by atoms with Crippen molar-refractivity contribution in [3.8, 4) is 11.1 Å². The predicted octanol–water partition coefficient (Wildman–Crippen LogP) is 2.39. The van der Waals surface area contributed by atoms with E-state index in [4.69, 9.17) is 10.8 Å².